The second kappa shape index (κ2) is 4.61. The highest BCUT2D eigenvalue weighted by molar-refractivity contribution is 5.55. The van der Waals surface area contributed by atoms with E-state index in [0.29, 0.717) is 0 Å². The van der Waals surface area contributed by atoms with E-state index in [9.17, 15) is 0 Å². The fourth-order valence-electron chi connectivity index (χ4n) is 1.17. The molecule has 0 aliphatic carbocycles. The molecule has 0 spiro atoms. The fraction of sp³-hybridized carbons (Fsp3) is 0.250. The van der Waals surface area contributed by atoms with E-state index in [2.05, 4.69) is 23.8 Å². The highest BCUT2D eigenvalue weighted by atomic mass is 14.9. The normalized spacial score (nSPS) is 11.2. The lowest BCUT2D eigenvalue weighted by atomic mass is 10.2. The fourth-order valence-corrected chi connectivity index (χ4v) is 1.17. The molecule has 2 nitrogen and oxygen atoms in total. The molecule has 0 atom stereocenters. The Bertz CT molecular complexity index is 364. The maximum absolute atomic E-state index is 4.07. The molecule has 0 saturated carbocycles. The van der Waals surface area contributed by atoms with E-state index >= 15 is 0 Å². The molecule has 0 saturated heterocycles. The molecule has 1 N–H and O–H groups in total. The Morgan fingerprint density at radius 2 is 2.29 bits per heavy atom. The summed E-state index contributed by atoms with van der Waals surface area (Å²) in [5, 5.41) is 3.30. The highest BCUT2D eigenvalue weighted by Crippen LogP contribution is 2.16. The number of nitrogens with zero attached hydrogens (tertiary/aromatic N) is 1. The smallest absolute Gasteiger partial charge is 0.0600 e. The summed E-state index contributed by atoms with van der Waals surface area (Å²) < 4.78 is 0. The number of hydrogen-bond acceptors (Lipinski definition) is 2. The third kappa shape index (κ3) is 2.46. The van der Waals surface area contributed by atoms with E-state index in [1.807, 2.05) is 32.2 Å². The van der Waals surface area contributed by atoms with Crippen molar-refractivity contribution in [3.05, 3.63) is 47.9 Å². The Kier molecular flexibility index (Phi) is 3.46. The van der Waals surface area contributed by atoms with Crippen LogP contribution in [0.2, 0.25) is 0 Å². The lowest BCUT2D eigenvalue weighted by Gasteiger charge is -2.11. The zero-order valence-corrected chi connectivity index (χ0v) is 8.96. The minimum absolute atomic E-state index is 1.02. The van der Waals surface area contributed by atoms with Crippen LogP contribution < -0.4 is 5.32 Å². The SMILES string of the molecule is C=C(C)/C(=C\C)Nc1cnccc1C. The van der Waals surface area contributed by atoms with Crippen LogP contribution in [-0.4, -0.2) is 4.98 Å². The minimum atomic E-state index is 1.02. The van der Waals surface area contributed by atoms with E-state index in [1.165, 1.54) is 5.56 Å². The Balaban J connectivity index is 2.88. The molecule has 0 unspecified atom stereocenters. The molecule has 0 aliphatic heterocycles. The molecule has 2 heteroatoms. The van der Waals surface area contributed by atoms with Gasteiger partial charge in [0.05, 0.1) is 11.9 Å². The molecular formula is C12H16N2. The van der Waals surface area contributed by atoms with Gasteiger partial charge in [0.25, 0.3) is 0 Å². The van der Waals surface area contributed by atoms with Crippen LogP contribution in [0.1, 0.15) is 19.4 Å². The summed E-state index contributed by atoms with van der Waals surface area (Å²) in [4.78, 5) is 4.07. The lowest BCUT2D eigenvalue weighted by molar-refractivity contribution is 1.25. The van der Waals surface area contributed by atoms with E-state index in [0.717, 1.165) is 17.0 Å². The van der Waals surface area contributed by atoms with Crippen LogP contribution in [0.25, 0.3) is 0 Å². The molecule has 1 heterocycles. The standard InChI is InChI=1S/C12H16N2/c1-5-11(9(2)3)14-12-8-13-7-6-10(12)4/h5-8,14H,2H2,1,3-4H3/b11-5+. The summed E-state index contributed by atoms with van der Waals surface area (Å²) in [5.74, 6) is 0. The van der Waals surface area contributed by atoms with Crippen molar-refractivity contribution in [2.24, 2.45) is 0 Å². The van der Waals surface area contributed by atoms with Crippen molar-refractivity contribution in [2.75, 3.05) is 5.32 Å². The number of aromatic nitrogens is 1. The van der Waals surface area contributed by atoms with Crippen LogP contribution in [0.4, 0.5) is 5.69 Å². The van der Waals surface area contributed by atoms with E-state index in [-0.39, 0.29) is 0 Å². The number of allylic oxidation sites excluding steroid dienone is 2. The quantitative estimate of drug-likeness (QED) is 0.736. The number of pyridine rings is 1. The first kappa shape index (κ1) is 10.5. The lowest BCUT2D eigenvalue weighted by Crippen LogP contribution is -2.01. The van der Waals surface area contributed by atoms with Gasteiger partial charge in [-0.3, -0.25) is 4.98 Å². The molecule has 0 amide bonds. The molecule has 74 valence electrons. The van der Waals surface area contributed by atoms with Gasteiger partial charge in [0.1, 0.15) is 0 Å². The summed E-state index contributed by atoms with van der Waals surface area (Å²) >= 11 is 0. The monoisotopic (exact) mass is 188 g/mol. The first-order chi connectivity index (χ1) is 6.65. The van der Waals surface area contributed by atoms with Crippen LogP contribution in [0.5, 0.6) is 0 Å². The van der Waals surface area contributed by atoms with Gasteiger partial charge in [-0.05, 0) is 38.0 Å². The molecule has 0 bridgehead atoms. The van der Waals surface area contributed by atoms with Crippen LogP contribution >= 0.6 is 0 Å². The van der Waals surface area contributed by atoms with Gasteiger partial charge in [-0.1, -0.05) is 12.7 Å². The number of rotatable bonds is 3. The van der Waals surface area contributed by atoms with Gasteiger partial charge < -0.3 is 5.32 Å². The van der Waals surface area contributed by atoms with Crippen LogP contribution in [0.3, 0.4) is 0 Å². The molecular weight excluding hydrogens is 172 g/mol. The maximum Gasteiger partial charge on any atom is 0.0600 e. The molecule has 14 heavy (non-hydrogen) atoms. The Morgan fingerprint density at radius 1 is 1.57 bits per heavy atom. The number of anilines is 1. The van der Waals surface area contributed by atoms with E-state index < -0.39 is 0 Å². The average Bonchev–Trinajstić information content (AvgIpc) is 2.16. The van der Waals surface area contributed by atoms with Crippen LogP contribution in [0, 0.1) is 6.92 Å². The van der Waals surface area contributed by atoms with Crippen molar-refractivity contribution >= 4 is 5.69 Å². The molecule has 0 aromatic carbocycles. The second-order valence-electron chi connectivity index (χ2n) is 3.30. The Labute approximate surface area is 85.4 Å². The van der Waals surface area contributed by atoms with Gasteiger partial charge in [0, 0.05) is 11.9 Å². The molecule has 1 aromatic rings. The van der Waals surface area contributed by atoms with Gasteiger partial charge in [0.15, 0.2) is 0 Å². The van der Waals surface area contributed by atoms with Crippen LogP contribution in [0.15, 0.2) is 42.4 Å². The van der Waals surface area contributed by atoms with Crippen molar-refractivity contribution in [1.82, 2.24) is 4.98 Å². The van der Waals surface area contributed by atoms with Gasteiger partial charge in [-0.2, -0.15) is 0 Å². The second-order valence-corrected chi connectivity index (χ2v) is 3.30. The predicted molar refractivity (Wildman–Crippen MR) is 61.2 cm³/mol. The summed E-state index contributed by atoms with van der Waals surface area (Å²) in [7, 11) is 0. The van der Waals surface area contributed by atoms with Crippen molar-refractivity contribution < 1.29 is 0 Å². The number of hydrogen-bond donors (Lipinski definition) is 1. The van der Waals surface area contributed by atoms with Crippen molar-refractivity contribution in [3.8, 4) is 0 Å². The van der Waals surface area contributed by atoms with Crippen molar-refractivity contribution in [3.63, 3.8) is 0 Å². The first-order valence-electron chi connectivity index (χ1n) is 4.65. The molecule has 0 fully saturated rings. The third-order valence-electron chi connectivity index (χ3n) is 2.06. The number of nitrogens with one attached hydrogen (secondary N) is 1. The summed E-state index contributed by atoms with van der Waals surface area (Å²) in [6.45, 7) is 9.92. The Morgan fingerprint density at radius 3 is 2.79 bits per heavy atom. The predicted octanol–water partition coefficient (Wildman–Crippen LogP) is 3.28. The number of aryl methyl sites for hydroxylation is 1. The van der Waals surface area contributed by atoms with Crippen molar-refractivity contribution in [2.45, 2.75) is 20.8 Å². The van der Waals surface area contributed by atoms with Gasteiger partial charge in [-0.15, -0.1) is 0 Å². The highest BCUT2D eigenvalue weighted by Gasteiger charge is 2.00. The first-order valence-corrected chi connectivity index (χ1v) is 4.65. The van der Waals surface area contributed by atoms with Crippen LogP contribution in [-0.2, 0) is 0 Å². The molecule has 1 aromatic heterocycles. The average molecular weight is 188 g/mol. The topological polar surface area (TPSA) is 24.9 Å². The molecule has 0 radical (unpaired) electrons. The maximum atomic E-state index is 4.07. The zero-order chi connectivity index (χ0) is 10.6. The molecule has 0 aliphatic rings. The van der Waals surface area contributed by atoms with Gasteiger partial charge in [0.2, 0.25) is 0 Å². The zero-order valence-electron chi connectivity index (χ0n) is 8.96. The van der Waals surface area contributed by atoms with Crippen molar-refractivity contribution in [1.29, 1.82) is 0 Å². The van der Waals surface area contributed by atoms with E-state index in [1.54, 1.807) is 6.20 Å². The largest absolute Gasteiger partial charge is 0.354 e. The van der Waals surface area contributed by atoms with E-state index in [4.69, 9.17) is 0 Å². The summed E-state index contributed by atoms with van der Waals surface area (Å²) in [6, 6.07) is 1.98. The molecule has 1 rings (SSSR count). The van der Waals surface area contributed by atoms with Gasteiger partial charge >= 0.3 is 0 Å². The minimum Gasteiger partial charge on any atom is -0.354 e. The third-order valence-corrected chi connectivity index (χ3v) is 2.06. The van der Waals surface area contributed by atoms with Gasteiger partial charge in [-0.25, -0.2) is 0 Å². The summed E-state index contributed by atoms with van der Waals surface area (Å²) in [5.41, 5.74) is 4.28. The Hall–Kier alpha value is -1.57. The summed E-state index contributed by atoms with van der Waals surface area (Å²) in [6.07, 6.45) is 5.62.